The van der Waals surface area contributed by atoms with E-state index in [1.807, 2.05) is 0 Å². The number of hydrogen-bond donors (Lipinski definition) is 1. The Bertz CT molecular complexity index is 1030. The zero-order valence-electron chi connectivity index (χ0n) is 16.5. The Morgan fingerprint density at radius 1 is 1.13 bits per heavy atom. The van der Waals surface area contributed by atoms with Crippen molar-refractivity contribution in [2.24, 2.45) is 0 Å². The van der Waals surface area contributed by atoms with Crippen LogP contribution in [0.3, 0.4) is 0 Å². The molecule has 1 saturated heterocycles. The molecule has 1 heterocycles. The molecule has 1 N–H and O–H groups in total. The summed E-state index contributed by atoms with van der Waals surface area (Å²) in [6.45, 7) is 1.75. The molecule has 1 aliphatic rings. The quantitative estimate of drug-likeness (QED) is 0.816. The third-order valence-corrected chi connectivity index (χ3v) is 5.60. The number of nitriles is 1. The first-order chi connectivity index (χ1) is 14.2. The lowest BCUT2D eigenvalue weighted by atomic mass is 9.83. The van der Waals surface area contributed by atoms with E-state index in [2.05, 4.69) is 5.32 Å². The van der Waals surface area contributed by atoms with Crippen LogP contribution in [0.15, 0.2) is 36.4 Å². The molecule has 156 valence electrons. The van der Waals surface area contributed by atoms with Gasteiger partial charge in [0.15, 0.2) is 11.6 Å². The van der Waals surface area contributed by atoms with Gasteiger partial charge in [0.2, 0.25) is 11.8 Å². The van der Waals surface area contributed by atoms with Gasteiger partial charge in [0.1, 0.15) is 17.4 Å². The van der Waals surface area contributed by atoms with Gasteiger partial charge in [0, 0.05) is 25.5 Å². The molecule has 8 heteroatoms. The fourth-order valence-electron chi connectivity index (χ4n) is 3.78. The van der Waals surface area contributed by atoms with Gasteiger partial charge in [-0.25, -0.2) is 13.2 Å². The van der Waals surface area contributed by atoms with E-state index in [0.29, 0.717) is 5.56 Å². The highest BCUT2D eigenvalue weighted by molar-refractivity contribution is 6.00. The predicted molar refractivity (Wildman–Crippen MR) is 103 cm³/mol. The van der Waals surface area contributed by atoms with E-state index >= 15 is 0 Å². The summed E-state index contributed by atoms with van der Waals surface area (Å²) in [7, 11) is 1.42. The summed E-state index contributed by atoms with van der Waals surface area (Å²) in [5.41, 5.74) is -0.915. The summed E-state index contributed by atoms with van der Waals surface area (Å²) in [5, 5.41) is 11.9. The molecule has 2 unspecified atom stereocenters. The third-order valence-electron chi connectivity index (χ3n) is 5.60. The van der Waals surface area contributed by atoms with Gasteiger partial charge in [0.05, 0.1) is 11.6 Å². The fourth-order valence-corrected chi connectivity index (χ4v) is 3.78. The van der Waals surface area contributed by atoms with E-state index in [4.69, 9.17) is 0 Å². The van der Waals surface area contributed by atoms with Crippen molar-refractivity contribution in [3.63, 3.8) is 0 Å². The van der Waals surface area contributed by atoms with E-state index in [1.165, 1.54) is 24.1 Å². The van der Waals surface area contributed by atoms with Crippen molar-refractivity contribution >= 4 is 11.8 Å². The van der Waals surface area contributed by atoms with Crippen molar-refractivity contribution in [1.82, 2.24) is 10.2 Å². The van der Waals surface area contributed by atoms with E-state index in [0.717, 1.165) is 12.1 Å². The molecule has 1 aliphatic heterocycles. The molecule has 0 radical (unpaired) electrons. The number of carbonyl (C=O) groups is 2. The van der Waals surface area contributed by atoms with Crippen LogP contribution in [0, 0.1) is 28.8 Å². The van der Waals surface area contributed by atoms with Crippen LogP contribution in [-0.2, 0) is 22.4 Å². The minimum Gasteiger partial charge on any atom is -0.340 e. The van der Waals surface area contributed by atoms with Crippen LogP contribution >= 0.6 is 0 Å². The first kappa shape index (κ1) is 21.4. The normalized spacial score (nSPS) is 21.3. The minimum atomic E-state index is -1.24. The average molecular weight is 415 g/mol. The lowest BCUT2D eigenvalue weighted by Crippen LogP contribution is -2.70. The molecule has 0 saturated carbocycles. The average Bonchev–Trinajstić information content (AvgIpc) is 2.73. The van der Waals surface area contributed by atoms with Gasteiger partial charge in [-0.2, -0.15) is 5.26 Å². The number of nitrogens with one attached hydrogen (secondary N) is 1. The maximum Gasteiger partial charge on any atom is 0.249 e. The molecular formula is C22H20F3N3O2. The molecule has 0 aromatic heterocycles. The van der Waals surface area contributed by atoms with E-state index < -0.39 is 40.8 Å². The lowest BCUT2D eigenvalue weighted by Gasteiger charge is -2.44. The Balaban J connectivity index is 1.91. The van der Waals surface area contributed by atoms with Gasteiger partial charge in [-0.15, -0.1) is 0 Å². The van der Waals surface area contributed by atoms with Crippen molar-refractivity contribution in [3.8, 4) is 6.07 Å². The first-order valence-corrected chi connectivity index (χ1v) is 9.43. The van der Waals surface area contributed by atoms with Crippen molar-refractivity contribution in [1.29, 1.82) is 5.26 Å². The van der Waals surface area contributed by atoms with Gasteiger partial charge in [-0.3, -0.25) is 9.59 Å². The second-order valence-corrected chi connectivity index (χ2v) is 7.36. The van der Waals surface area contributed by atoms with Gasteiger partial charge in [-0.05, 0) is 36.2 Å². The van der Waals surface area contributed by atoms with Crippen LogP contribution in [0.5, 0.6) is 0 Å². The fraction of sp³-hybridized carbons (Fsp3) is 0.318. The molecule has 1 fully saturated rings. The Labute approximate surface area is 172 Å². The molecular weight excluding hydrogens is 395 g/mol. The second-order valence-electron chi connectivity index (χ2n) is 7.36. The van der Waals surface area contributed by atoms with Crippen LogP contribution in [0.2, 0.25) is 0 Å². The van der Waals surface area contributed by atoms with E-state index in [-0.39, 0.29) is 30.4 Å². The Morgan fingerprint density at radius 2 is 1.80 bits per heavy atom. The largest absolute Gasteiger partial charge is 0.340 e. The summed E-state index contributed by atoms with van der Waals surface area (Å²) in [5.74, 6) is -3.68. The van der Waals surface area contributed by atoms with Crippen LogP contribution in [0.1, 0.15) is 30.0 Å². The van der Waals surface area contributed by atoms with E-state index in [9.17, 15) is 28.0 Å². The number of halogens is 3. The number of nitrogens with zero attached hydrogens (tertiary/aromatic N) is 2. The molecule has 0 aliphatic carbocycles. The Hall–Kier alpha value is -3.34. The molecule has 2 amide bonds. The molecule has 3 rings (SSSR count). The Morgan fingerprint density at radius 3 is 2.40 bits per heavy atom. The smallest absolute Gasteiger partial charge is 0.249 e. The van der Waals surface area contributed by atoms with E-state index in [1.54, 1.807) is 25.1 Å². The number of carbonyl (C=O) groups excluding carboxylic acids is 2. The SMILES string of the molecule is CCC1(Cc2ccc(F)cc2)NC(=O)C(Cc2c(C#N)ccc(F)c2F)N(C)C1=O. The number of piperazine rings is 1. The topological polar surface area (TPSA) is 73.2 Å². The molecule has 2 atom stereocenters. The number of benzene rings is 2. The van der Waals surface area contributed by atoms with Crippen molar-refractivity contribution in [2.75, 3.05) is 7.05 Å². The molecule has 2 aromatic carbocycles. The van der Waals surface area contributed by atoms with Crippen molar-refractivity contribution < 1.29 is 22.8 Å². The standard InChI is InChI=1S/C22H20F3N3O2/c1-3-22(11-13-4-7-15(23)8-5-13)21(30)28(2)18(20(29)27-22)10-16-14(12-26)6-9-17(24)19(16)25/h4-9,18H,3,10-11H2,1-2H3,(H,27,29). The molecule has 5 nitrogen and oxygen atoms in total. The summed E-state index contributed by atoms with van der Waals surface area (Å²) in [6.07, 6.45) is 0.101. The predicted octanol–water partition coefficient (Wildman–Crippen LogP) is 2.87. The van der Waals surface area contributed by atoms with Gasteiger partial charge in [0.25, 0.3) is 0 Å². The first-order valence-electron chi connectivity index (χ1n) is 9.43. The Kier molecular flexibility index (Phi) is 5.83. The number of amides is 2. The van der Waals surface area contributed by atoms with Crippen LogP contribution in [0.25, 0.3) is 0 Å². The zero-order valence-corrected chi connectivity index (χ0v) is 16.5. The highest BCUT2D eigenvalue weighted by Crippen LogP contribution is 2.28. The maximum atomic E-state index is 14.3. The summed E-state index contributed by atoms with van der Waals surface area (Å²) in [4.78, 5) is 27.3. The number of rotatable bonds is 5. The van der Waals surface area contributed by atoms with Crippen LogP contribution < -0.4 is 5.32 Å². The molecule has 2 aromatic rings. The van der Waals surface area contributed by atoms with Gasteiger partial charge >= 0.3 is 0 Å². The second kappa shape index (κ2) is 8.19. The number of hydrogen-bond acceptors (Lipinski definition) is 3. The minimum absolute atomic E-state index is 0.0961. The van der Waals surface area contributed by atoms with Crippen molar-refractivity contribution in [3.05, 3.63) is 70.5 Å². The number of likely N-dealkylation sites (N-methyl/N-ethyl adjacent to an activating group) is 1. The van der Waals surface area contributed by atoms with Crippen LogP contribution in [-0.4, -0.2) is 35.3 Å². The van der Waals surface area contributed by atoms with Crippen molar-refractivity contribution in [2.45, 2.75) is 37.8 Å². The summed E-state index contributed by atoms with van der Waals surface area (Å²) >= 11 is 0. The maximum absolute atomic E-state index is 14.3. The third kappa shape index (κ3) is 3.75. The van der Waals surface area contributed by atoms with Gasteiger partial charge in [-0.1, -0.05) is 19.1 Å². The highest BCUT2D eigenvalue weighted by Gasteiger charge is 2.48. The lowest BCUT2D eigenvalue weighted by molar-refractivity contribution is -0.153. The van der Waals surface area contributed by atoms with Gasteiger partial charge < -0.3 is 10.2 Å². The molecule has 0 bridgehead atoms. The summed E-state index contributed by atoms with van der Waals surface area (Å²) in [6, 6.07) is 8.30. The molecule has 30 heavy (non-hydrogen) atoms. The zero-order chi connectivity index (χ0) is 22.1. The molecule has 0 spiro atoms. The van der Waals surface area contributed by atoms with Crippen LogP contribution in [0.4, 0.5) is 13.2 Å². The summed E-state index contributed by atoms with van der Waals surface area (Å²) < 4.78 is 41.2. The highest BCUT2D eigenvalue weighted by atomic mass is 19.2. The monoisotopic (exact) mass is 415 g/mol.